The van der Waals surface area contributed by atoms with Gasteiger partial charge < -0.3 is 15.1 Å². The van der Waals surface area contributed by atoms with Crippen LogP contribution < -0.4 is 10.6 Å². The summed E-state index contributed by atoms with van der Waals surface area (Å²) in [7, 11) is -3.05. The van der Waals surface area contributed by atoms with Gasteiger partial charge in [0, 0.05) is 0 Å². The fraction of sp³-hybridized carbons (Fsp3) is 0.500. The lowest BCUT2D eigenvalue weighted by Gasteiger charge is -2.16. The van der Waals surface area contributed by atoms with Gasteiger partial charge in [0.1, 0.15) is 5.76 Å². The maximum atomic E-state index is 11.4. The van der Waals surface area contributed by atoms with Crippen LogP contribution in [0.2, 0.25) is 0 Å². The van der Waals surface area contributed by atoms with E-state index in [2.05, 4.69) is 10.6 Å². The van der Waals surface area contributed by atoms with Gasteiger partial charge in [0.2, 0.25) is 0 Å². The molecule has 18 heavy (non-hydrogen) atoms. The zero-order valence-corrected chi connectivity index (χ0v) is 11.8. The fourth-order valence-electron chi connectivity index (χ4n) is 1.74. The van der Waals surface area contributed by atoms with Gasteiger partial charge in [-0.1, -0.05) is 0 Å². The fourth-order valence-corrected chi connectivity index (χ4v) is 4.51. The number of furan rings is 1. The van der Waals surface area contributed by atoms with Gasteiger partial charge in [-0.05, 0) is 24.4 Å². The first kappa shape index (κ1) is 13.6. The molecule has 2 heterocycles. The van der Waals surface area contributed by atoms with E-state index in [0.717, 1.165) is 5.76 Å². The molecule has 0 spiro atoms. The predicted molar refractivity (Wildman–Crippen MR) is 73.4 cm³/mol. The summed E-state index contributed by atoms with van der Waals surface area (Å²) in [4.78, 5) is 0. The molecule has 100 valence electrons. The van der Waals surface area contributed by atoms with Gasteiger partial charge in [-0.2, -0.15) is 0 Å². The van der Waals surface area contributed by atoms with E-state index < -0.39 is 15.2 Å². The Hall–Kier alpha value is -0.790. The first-order valence-corrected chi connectivity index (χ1v) is 8.04. The monoisotopic (exact) mass is 308 g/mol. The van der Waals surface area contributed by atoms with Gasteiger partial charge in [0.15, 0.2) is 14.9 Å². The normalized spacial score (nSPS) is 25.8. The minimum Gasteiger partial charge on any atom is -0.467 e. The van der Waals surface area contributed by atoms with Crippen LogP contribution in [0.3, 0.4) is 0 Å². The smallest absolute Gasteiger partial charge is 0.166 e. The number of halogens is 1. The van der Waals surface area contributed by atoms with Crippen molar-refractivity contribution in [2.75, 3.05) is 11.5 Å². The molecule has 5 nitrogen and oxygen atoms in total. The van der Waals surface area contributed by atoms with Crippen molar-refractivity contribution in [2.24, 2.45) is 0 Å². The zero-order chi connectivity index (χ0) is 13.2. The standard InChI is InChI=1S/C10H13ClN2O3S2/c11-8-5-18(14,15)6-9(8)13-10(17)12-4-7-2-1-3-16-7/h1-3,8-9H,4-6H2,(H2,12,13,17)/t8-,9-/m0/s1. The van der Waals surface area contributed by atoms with E-state index in [-0.39, 0.29) is 17.5 Å². The minimum atomic E-state index is -3.05. The minimum absolute atomic E-state index is 0.00693. The highest BCUT2D eigenvalue weighted by Gasteiger charge is 2.36. The lowest BCUT2D eigenvalue weighted by Crippen LogP contribution is -2.45. The van der Waals surface area contributed by atoms with Crippen LogP contribution in [0.5, 0.6) is 0 Å². The molecule has 1 fully saturated rings. The maximum absolute atomic E-state index is 11.4. The van der Waals surface area contributed by atoms with E-state index in [9.17, 15) is 8.42 Å². The summed E-state index contributed by atoms with van der Waals surface area (Å²) in [6.45, 7) is 0.450. The van der Waals surface area contributed by atoms with Crippen molar-refractivity contribution in [1.82, 2.24) is 10.6 Å². The second-order valence-corrected chi connectivity index (χ2v) is 7.23. The molecule has 0 aliphatic carbocycles. The number of alkyl halides is 1. The van der Waals surface area contributed by atoms with Gasteiger partial charge in [-0.25, -0.2) is 8.42 Å². The summed E-state index contributed by atoms with van der Waals surface area (Å²) in [6.07, 6.45) is 1.58. The van der Waals surface area contributed by atoms with Crippen LogP contribution in [-0.2, 0) is 16.4 Å². The van der Waals surface area contributed by atoms with E-state index in [1.54, 1.807) is 12.3 Å². The quantitative estimate of drug-likeness (QED) is 0.631. The highest BCUT2D eigenvalue weighted by molar-refractivity contribution is 7.91. The molecule has 0 bridgehead atoms. The molecule has 0 unspecified atom stereocenters. The second kappa shape index (κ2) is 5.46. The van der Waals surface area contributed by atoms with Crippen molar-refractivity contribution < 1.29 is 12.8 Å². The van der Waals surface area contributed by atoms with Gasteiger partial charge >= 0.3 is 0 Å². The van der Waals surface area contributed by atoms with Crippen LogP contribution in [0, 0.1) is 0 Å². The van der Waals surface area contributed by atoms with Gasteiger partial charge in [0.25, 0.3) is 0 Å². The molecule has 2 rings (SSSR count). The average Bonchev–Trinajstić information content (AvgIpc) is 2.84. The number of rotatable bonds is 3. The van der Waals surface area contributed by atoms with Crippen molar-refractivity contribution in [1.29, 1.82) is 0 Å². The van der Waals surface area contributed by atoms with E-state index in [0.29, 0.717) is 11.7 Å². The summed E-state index contributed by atoms with van der Waals surface area (Å²) >= 11 is 11.0. The third-order valence-corrected chi connectivity index (χ3v) is 5.24. The summed E-state index contributed by atoms with van der Waals surface area (Å²) < 4.78 is 27.9. The third kappa shape index (κ3) is 3.60. The number of nitrogens with one attached hydrogen (secondary N) is 2. The van der Waals surface area contributed by atoms with Crippen LogP contribution in [0.1, 0.15) is 5.76 Å². The summed E-state index contributed by atoms with van der Waals surface area (Å²) in [5, 5.41) is 5.78. The molecule has 0 radical (unpaired) electrons. The largest absolute Gasteiger partial charge is 0.467 e. The molecule has 1 aromatic rings. The number of hydrogen-bond acceptors (Lipinski definition) is 4. The average molecular weight is 309 g/mol. The molecule has 0 aromatic carbocycles. The van der Waals surface area contributed by atoms with Crippen LogP contribution in [0.15, 0.2) is 22.8 Å². The van der Waals surface area contributed by atoms with Crippen LogP contribution >= 0.6 is 23.8 Å². The lowest BCUT2D eigenvalue weighted by molar-refractivity contribution is 0.501. The highest BCUT2D eigenvalue weighted by atomic mass is 35.5. The molecule has 1 saturated heterocycles. The van der Waals surface area contributed by atoms with Gasteiger partial charge in [-0.3, -0.25) is 0 Å². The van der Waals surface area contributed by atoms with Crippen LogP contribution in [0.4, 0.5) is 0 Å². The van der Waals surface area contributed by atoms with Crippen molar-refractivity contribution in [2.45, 2.75) is 18.0 Å². The summed E-state index contributed by atoms with van der Waals surface area (Å²) in [5.41, 5.74) is 0. The first-order valence-electron chi connectivity index (χ1n) is 5.37. The van der Waals surface area contributed by atoms with E-state index >= 15 is 0 Å². The van der Waals surface area contributed by atoms with E-state index in [4.69, 9.17) is 28.2 Å². The Morgan fingerprint density at radius 3 is 2.89 bits per heavy atom. The topological polar surface area (TPSA) is 71.3 Å². The van der Waals surface area contributed by atoms with Crippen molar-refractivity contribution in [3.05, 3.63) is 24.2 Å². The number of hydrogen-bond donors (Lipinski definition) is 2. The highest BCUT2D eigenvalue weighted by Crippen LogP contribution is 2.17. The molecule has 0 amide bonds. The van der Waals surface area contributed by atoms with E-state index in [1.807, 2.05) is 6.07 Å². The Morgan fingerprint density at radius 1 is 1.56 bits per heavy atom. The Labute approximate surface area is 116 Å². The molecule has 0 saturated carbocycles. The molecule has 1 aliphatic rings. The third-order valence-electron chi connectivity index (χ3n) is 2.60. The molecule has 1 aliphatic heterocycles. The van der Waals surface area contributed by atoms with E-state index in [1.165, 1.54) is 0 Å². The lowest BCUT2D eigenvalue weighted by atomic mass is 10.2. The Balaban J connectivity index is 1.81. The summed E-state index contributed by atoms with van der Waals surface area (Å²) in [6, 6.07) is 3.26. The maximum Gasteiger partial charge on any atom is 0.166 e. The Morgan fingerprint density at radius 2 is 2.33 bits per heavy atom. The van der Waals surface area contributed by atoms with Gasteiger partial charge in [-0.15, -0.1) is 11.6 Å². The predicted octanol–water partition coefficient (Wildman–Crippen LogP) is 0.648. The Bertz CT molecular complexity index is 515. The number of thiocarbonyl (C=S) groups is 1. The second-order valence-electron chi connectivity index (χ2n) is 4.11. The molecular weight excluding hydrogens is 296 g/mol. The van der Waals surface area contributed by atoms with Gasteiger partial charge in [0.05, 0.1) is 35.7 Å². The molecule has 1 aromatic heterocycles. The Kier molecular flexibility index (Phi) is 4.14. The van der Waals surface area contributed by atoms with Crippen molar-refractivity contribution in [3.63, 3.8) is 0 Å². The van der Waals surface area contributed by atoms with Crippen molar-refractivity contribution in [3.8, 4) is 0 Å². The zero-order valence-electron chi connectivity index (χ0n) is 9.43. The van der Waals surface area contributed by atoms with Crippen LogP contribution in [0.25, 0.3) is 0 Å². The molecule has 2 atom stereocenters. The molecular formula is C10H13ClN2O3S2. The van der Waals surface area contributed by atoms with Crippen LogP contribution in [-0.4, -0.2) is 36.5 Å². The molecule has 8 heteroatoms. The SMILES string of the molecule is O=S1(=O)C[C@H](NC(=S)NCc2ccco2)[C@@H](Cl)C1. The first-order chi connectivity index (χ1) is 8.46. The number of sulfone groups is 1. The molecule has 2 N–H and O–H groups in total. The summed E-state index contributed by atoms with van der Waals surface area (Å²) in [5.74, 6) is 0.761. The van der Waals surface area contributed by atoms with Crippen molar-refractivity contribution >= 4 is 38.8 Å².